The summed E-state index contributed by atoms with van der Waals surface area (Å²) >= 11 is 0. The first-order chi connectivity index (χ1) is 9.33. The monoisotopic (exact) mass is 258 g/mol. The maximum Gasteiger partial charge on any atom is 0.251 e. The molecular formula is C16H22N2O. The largest absolute Gasteiger partial charge is 0.385 e. The number of hydrogen-bond donors (Lipinski definition) is 2. The highest BCUT2D eigenvalue weighted by Gasteiger charge is 2.17. The zero-order chi connectivity index (χ0) is 13.1. The average Bonchev–Trinajstić information content (AvgIpc) is 2.40. The third-order valence-corrected chi connectivity index (χ3v) is 4.37. The van der Waals surface area contributed by atoms with Gasteiger partial charge in [-0.1, -0.05) is 19.3 Å². The predicted molar refractivity (Wildman–Crippen MR) is 77.5 cm³/mol. The van der Waals surface area contributed by atoms with E-state index in [0.29, 0.717) is 0 Å². The van der Waals surface area contributed by atoms with Crippen LogP contribution >= 0.6 is 0 Å². The SMILES string of the molecule is O=C(NCCC1CCC1)c1ccc2c(c1)CCCN2. The number of anilines is 1. The minimum atomic E-state index is 0.0766. The predicted octanol–water partition coefficient (Wildman–Crippen LogP) is 2.96. The lowest BCUT2D eigenvalue weighted by Gasteiger charge is -2.25. The summed E-state index contributed by atoms with van der Waals surface area (Å²) in [5.74, 6) is 0.931. The molecule has 19 heavy (non-hydrogen) atoms. The van der Waals surface area contributed by atoms with Crippen molar-refractivity contribution in [1.82, 2.24) is 5.32 Å². The van der Waals surface area contributed by atoms with Gasteiger partial charge in [0.15, 0.2) is 0 Å². The van der Waals surface area contributed by atoms with Crippen LogP contribution in [0, 0.1) is 5.92 Å². The van der Waals surface area contributed by atoms with Crippen molar-refractivity contribution in [2.45, 2.75) is 38.5 Å². The van der Waals surface area contributed by atoms with Crippen LogP contribution in [0.4, 0.5) is 5.69 Å². The van der Waals surface area contributed by atoms with Crippen molar-refractivity contribution in [2.24, 2.45) is 5.92 Å². The molecule has 0 atom stereocenters. The molecule has 1 amide bonds. The summed E-state index contributed by atoms with van der Waals surface area (Å²) in [4.78, 5) is 12.1. The fraction of sp³-hybridized carbons (Fsp3) is 0.562. The van der Waals surface area contributed by atoms with Crippen molar-refractivity contribution in [3.8, 4) is 0 Å². The Labute approximate surface area is 114 Å². The molecule has 2 N–H and O–H groups in total. The first kappa shape index (κ1) is 12.5. The maximum absolute atomic E-state index is 12.1. The molecule has 102 valence electrons. The summed E-state index contributed by atoms with van der Waals surface area (Å²) in [6.45, 7) is 1.86. The number of nitrogens with one attached hydrogen (secondary N) is 2. The number of carbonyl (C=O) groups is 1. The van der Waals surface area contributed by atoms with Gasteiger partial charge in [-0.3, -0.25) is 4.79 Å². The summed E-state index contributed by atoms with van der Waals surface area (Å²) in [6, 6.07) is 6.01. The lowest BCUT2D eigenvalue weighted by atomic mass is 9.83. The van der Waals surface area contributed by atoms with Crippen LogP contribution in [0.1, 0.15) is 48.0 Å². The van der Waals surface area contributed by atoms with Gasteiger partial charge in [-0.15, -0.1) is 0 Å². The minimum absolute atomic E-state index is 0.0766. The van der Waals surface area contributed by atoms with E-state index in [9.17, 15) is 4.79 Å². The van der Waals surface area contributed by atoms with Crippen molar-refractivity contribution in [2.75, 3.05) is 18.4 Å². The molecule has 1 aliphatic heterocycles. The number of fused-ring (bicyclic) bond motifs is 1. The lowest BCUT2D eigenvalue weighted by Crippen LogP contribution is -2.27. The van der Waals surface area contributed by atoms with E-state index in [0.717, 1.165) is 43.8 Å². The number of rotatable bonds is 4. The first-order valence-corrected chi connectivity index (χ1v) is 7.48. The first-order valence-electron chi connectivity index (χ1n) is 7.48. The molecule has 2 aliphatic rings. The summed E-state index contributed by atoms with van der Waals surface area (Å²) < 4.78 is 0. The molecule has 1 aromatic rings. The molecular weight excluding hydrogens is 236 g/mol. The van der Waals surface area contributed by atoms with E-state index in [1.807, 2.05) is 18.2 Å². The summed E-state index contributed by atoms with van der Waals surface area (Å²) in [7, 11) is 0. The molecule has 0 radical (unpaired) electrons. The molecule has 1 aliphatic carbocycles. The summed E-state index contributed by atoms with van der Waals surface area (Å²) in [5.41, 5.74) is 3.27. The molecule has 1 aromatic carbocycles. The van der Waals surface area contributed by atoms with Crippen LogP contribution in [0.2, 0.25) is 0 Å². The van der Waals surface area contributed by atoms with Gasteiger partial charge in [-0.05, 0) is 48.9 Å². The molecule has 0 bridgehead atoms. The highest BCUT2D eigenvalue weighted by atomic mass is 16.1. The Bertz CT molecular complexity index is 466. The molecule has 1 fully saturated rings. The van der Waals surface area contributed by atoms with Gasteiger partial charge in [-0.2, -0.15) is 0 Å². The van der Waals surface area contributed by atoms with E-state index in [1.165, 1.54) is 30.5 Å². The third kappa shape index (κ3) is 2.91. The Morgan fingerprint density at radius 3 is 3.00 bits per heavy atom. The number of aryl methyl sites for hydroxylation is 1. The highest BCUT2D eigenvalue weighted by molar-refractivity contribution is 5.94. The molecule has 0 unspecified atom stereocenters. The Kier molecular flexibility index (Phi) is 3.72. The summed E-state index contributed by atoms with van der Waals surface area (Å²) in [5, 5.41) is 6.42. The number of hydrogen-bond acceptors (Lipinski definition) is 2. The topological polar surface area (TPSA) is 41.1 Å². The zero-order valence-electron chi connectivity index (χ0n) is 11.4. The fourth-order valence-corrected chi connectivity index (χ4v) is 2.89. The maximum atomic E-state index is 12.1. The van der Waals surface area contributed by atoms with Gasteiger partial charge >= 0.3 is 0 Å². The van der Waals surface area contributed by atoms with Crippen LogP contribution in [0.25, 0.3) is 0 Å². The van der Waals surface area contributed by atoms with Gasteiger partial charge in [0, 0.05) is 24.3 Å². The molecule has 3 heteroatoms. The quantitative estimate of drug-likeness (QED) is 0.871. The van der Waals surface area contributed by atoms with Gasteiger partial charge in [-0.25, -0.2) is 0 Å². The van der Waals surface area contributed by atoms with Crippen LogP contribution in [0.5, 0.6) is 0 Å². The molecule has 1 saturated carbocycles. The van der Waals surface area contributed by atoms with E-state index >= 15 is 0 Å². The van der Waals surface area contributed by atoms with Crippen LogP contribution in [0.3, 0.4) is 0 Å². The Balaban J connectivity index is 1.56. The van der Waals surface area contributed by atoms with Crippen molar-refractivity contribution in [1.29, 1.82) is 0 Å². The second kappa shape index (κ2) is 5.64. The van der Waals surface area contributed by atoms with E-state index in [1.54, 1.807) is 0 Å². The molecule has 3 rings (SSSR count). The van der Waals surface area contributed by atoms with Crippen molar-refractivity contribution in [3.05, 3.63) is 29.3 Å². The van der Waals surface area contributed by atoms with Crippen molar-refractivity contribution in [3.63, 3.8) is 0 Å². The van der Waals surface area contributed by atoms with Gasteiger partial charge in [0.05, 0.1) is 0 Å². The second-order valence-corrected chi connectivity index (χ2v) is 5.74. The van der Waals surface area contributed by atoms with Crippen LogP contribution in [-0.4, -0.2) is 19.0 Å². The lowest BCUT2D eigenvalue weighted by molar-refractivity contribution is 0.0949. The molecule has 3 nitrogen and oxygen atoms in total. The molecule has 1 heterocycles. The van der Waals surface area contributed by atoms with Crippen LogP contribution < -0.4 is 10.6 Å². The van der Waals surface area contributed by atoms with Crippen LogP contribution in [-0.2, 0) is 6.42 Å². The standard InChI is InChI=1S/C16H22N2O/c19-16(18-10-8-12-3-1-4-12)14-6-7-15-13(11-14)5-2-9-17-15/h6-7,11-12,17H,1-5,8-10H2,(H,18,19). The second-order valence-electron chi connectivity index (χ2n) is 5.74. The van der Waals surface area contributed by atoms with Gasteiger partial charge in [0.25, 0.3) is 5.91 Å². The van der Waals surface area contributed by atoms with Crippen molar-refractivity contribution < 1.29 is 4.79 Å². The van der Waals surface area contributed by atoms with E-state index in [-0.39, 0.29) is 5.91 Å². The third-order valence-electron chi connectivity index (χ3n) is 4.37. The summed E-state index contributed by atoms with van der Waals surface area (Å²) in [6.07, 6.45) is 7.43. The highest BCUT2D eigenvalue weighted by Crippen LogP contribution is 2.28. The molecule has 0 spiro atoms. The van der Waals surface area contributed by atoms with Crippen LogP contribution in [0.15, 0.2) is 18.2 Å². The smallest absolute Gasteiger partial charge is 0.251 e. The van der Waals surface area contributed by atoms with Gasteiger partial charge < -0.3 is 10.6 Å². The number of carbonyl (C=O) groups excluding carboxylic acids is 1. The van der Waals surface area contributed by atoms with E-state index in [4.69, 9.17) is 0 Å². The Morgan fingerprint density at radius 1 is 1.32 bits per heavy atom. The zero-order valence-corrected chi connectivity index (χ0v) is 11.4. The Hall–Kier alpha value is -1.51. The van der Waals surface area contributed by atoms with E-state index in [2.05, 4.69) is 10.6 Å². The van der Waals surface area contributed by atoms with Crippen molar-refractivity contribution >= 4 is 11.6 Å². The molecule has 0 aromatic heterocycles. The average molecular weight is 258 g/mol. The minimum Gasteiger partial charge on any atom is -0.385 e. The Morgan fingerprint density at radius 2 is 2.21 bits per heavy atom. The number of benzene rings is 1. The molecule has 0 saturated heterocycles. The van der Waals surface area contributed by atoms with E-state index < -0.39 is 0 Å². The number of amides is 1. The fourth-order valence-electron chi connectivity index (χ4n) is 2.89. The van der Waals surface area contributed by atoms with Gasteiger partial charge in [0.1, 0.15) is 0 Å². The van der Waals surface area contributed by atoms with Gasteiger partial charge in [0.2, 0.25) is 0 Å². The normalized spacial score (nSPS) is 18.1.